The smallest absolute Gasteiger partial charge is 0.310 e. The van der Waals surface area contributed by atoms with Gasteiger partial charge >= 0.3 is 5.97 Å². The average Bonchev–Trinajstić information content (AvgIpc) is 2.74. The summed E-state index contributed by atoms with van der Waals surface area (Å²) in [5.41, 5.74) is -0.783. The number of amides is 1. The van der Waals surface area contributed by atoms with E-state index in [1.54, 1.807) is 0 Å². The van der Waals surface area contributed by atoms with Gasteiger partial charge in [0, 0.05) is 13.0 Å². The first-order chi connectivity index (χ1) is 8.10. The maximum absolute atomic E-state index is 11.7. The minimum Gasteiger partial charge on any atom is -0.481 e. The van der Waals surface area contributed by atoms with Crippen molar-refractivity contribution in [1.29, 1.82) is 0 Å². The van der Waals surface area contributed by atoms with Gasteiger partial charge in [0.1, 0.15) is 0 Å². The number of carbonyl (C=O) groups is 2. The minimum absolute atomic E-state index is 0.106. The zero-order valence-electron chi connectivity index (χ0n) is 10.6. The number of hydrogen-bond donors (Lipinski definition) is 2. The largest absolute Gasteiger partial charge is 0.481 e. The lowest BCUT2D eigenvalue weighted by molar-refractivity contribution is -0.151. The molecule has 1 aliphatic rings. The van der Waals surface area contributed by atoms with Crippen molar-refractivity contribution < 1.29 is 14.7 Å². The van der Waals surface area contributed by atoms with E-state index in [0.717, 1.165) is 32.1 Å². The van der Waals surface area contributed by atoms with Crippen molar-refractivity contribution in [2.24, 2.45) is 5.41 Å². The van der Waals surface area contributed by atoms with Gasteiger partial charge in [0.15, 0.2) is 0 Å². The van der Waals surface area contributed by atoms with Gasteiger partial charge in [0.2, 0.25) is 5.91 Å². The number of carboxylic acid groups (broad SMARTS) is 1. The third kappa shape index (κ3) is 4.02. The second-order valence-corrected chi connectivity index (χ2v) is 5.03. The molecule has 1 fully saturated rings. The van der Waals surface area contributed by atoms with Crippen LogP contribution in [0.1, 0.15) is 58.3 Å². The van der Waals surface area contributed by atoms with Crippen LogP contribution in [0, 0.1) is 5.41 Å². The number of rotatable bonds is 7. The van der Waals surface area contributed by atoms with E-state index in [0.29, 0.717) is 19.4 Å². The second-order valence-electron chi connectivity index (χ2n) is 5.03. The molecule has 0 heterocycles. The molecule has 1 amide bonds. The zero-order chi connectivity index (χ0) is 12.7. The van der Waals surface area contributed by atoms with Crippen LogP contribution >= 0.6 is 0 Å². The average molecular weight is 241 g/mol. The molecule has 4 nitrogen and oxygen atoms in total. The van der Waals surface area contributed by atoms with Gasteiger partial charge in [-0.2, -0.15) is 0 Å². The Morgan fingerprint density at radius 2 is 1.88 bits per heavy atom. The number of nitrogens with one attached hydrogen (secondary N) is 1. The Labute approximate surface area is 103 Å². The second kappa shape index (κ2) is 6.62. The van der Waals surface area contributed by atoms with Gasteiger partial charge in [-0.25, -0.2) is 0 Å². The molecule has 98 valence electrons. The van der Waals surface area contributed by atoms with Gasteiger partial charge in [-0.15, -0.1) is 0 Å². The van der Waals surface area contributed by atoms with Crippen LogP contribution in [0.15, 0.2) is 0 Å². The zero-order valence-corrected chi connectivity index (χ0v) is 10.6. The first-order valence-electron chi connectivity index (χ1n) is 6.61. The molecule has 1 saturated carbocycles. The number of hydrogen-bond acceptors (Lipinski definition) is 2. The summed E-state index contributed by atoms with van der Waals surface area (Å²) >= 11 is 0. The van der Waals surface area contributed by atoms with Crippen molar-refractivity contribution in [3.8, 4) is 0 Å². The van der Waals surface area contributed by atoms with E-state index < -0.39 is 11.4 Å². The summed E-state index contributed by atoms with van der Waals surface area (Å²) in [7, 11) is 0. The fraction of sp³-hybridized carbons (Fsp3) is 0.846. The highest BCUT2D eigenvalue weighted by Gasteiger charge is 2.42. The number of unbranched alkanes of at least 4 members (excludes halogenated alkanes) is 2. The number of carboxylic acids is 1. The van der Waals surface area contributed by atoms with Crippen LogP contribution in [0.5, 0.6) is 0 Å². The molecule has 17 heavy (non-hydrogen) atoms. The Bertz CT molecular complexity index is 270. The van der Waals surface area contributed by atoms with Gasteiger partial charge in [0.25, 0.3) is 0 Å². The van der Waals surface area contributed by atoms with Crippen LogP contribution in [-0.2, 0) is 9.59 Å². The standard InChI is InChI=1S/C13H23NO3/c1-2-3-6-9-14-11(15)10-13(12(16)17)7-4-5-8-13/h2-10H2,1H3,(H,14,15)(H,16,17). The maximum atomic E-state index is 11.7. The lowest BCUT2D eigenvalue weighted by Gasteiger charge is -2.22. The van der Waals surface area contributed by atoms with Gasteiger partial charge in [-0.1, -0.05) is 32.6 Å². The summed E-state index contributed by atoms with van der Waals surface area (Å²) in [5, 5.41) is 12.1. The molecule has 1 aliphatic carbocycles. The normalized spacial score (nSPS) is 17.9. The van der Waals surface area contributed by atoms with Crippen LogP contribution in [0.25, 0.3) is 0 Å². The molecule has 0 atom stereocenters. The van der Waals surface area contributed by atoms with Crippen molar-refractivity contribution in [1.82, 2.24) is 5.32 Å². The van der Waals surface area contributed by atoms with E-state index in [-0.39, 0.29) is 12.3 Å². The monoisotopic (exact) mass is 241 g/mol. The number of carbonyl (C=O) groups excluding carboxylic acids is 1. The van der Waals surface area contributed by atoms with Crippen LogP contribution in [0.3, 0.4) is 0 Å². The van der Waals surface area contributed by atoms with Crippen molar-refractivity contribution in [2.45, 2.75) is 58.3 Å². The molecule has 0 aromatic heterocycles. The van der Waals surface area contributed by atoms with E-state index in [1.807, 2.05) is 0 Å². The summed E-state index contributed by atoms with van der Waals surface area (Å²) in [4.78, 5) is 23.0. The highest BCUT2D eigenvalue weighted by molar-refractivity contribution is 5.85. The van der Waals surface area contributed by atoms with Crippen molar-refractivity contribution in [3.05, 3.63) is 0 Å². The van der Waals surface area contributed by atoms with Gasteiger partial charge in [-0.3, -0.25) is 9.59 Å². The van der Waals surface area contributed by atoms with Crippen molar-refractivity contribution in [3.63, 3.8) is 0 Å². The summed E-state index contributed by atoms with van der Waals surface area (Å²) < 4.78 is 0. The van der Waals surface area contributed by atoms with Crippen LogP contribution < -0.4 is 5.32 Å². The third-order valence-electron chi connectivity index (χ3n) is 3.62. The summed E-state index contributed by atoms with van der Waals surface area (Å²) in [6.45, 7) is 2.78. The third-order valence-corrected chi connectivity index (χ3v) is 3.62. The highest BCUT2D eigenvalue weighted by atomic mass is 16.4. The topological polar surface area (TPSA) is 66.4 Å². The summed E-state index contributed by atoms with van der Waals surface area (Å²) in [5.74, 6) is -0.913. The molecular formula is C13H23NO3. The molecule has 2 N–H and O–H groups in total. The van der Waals surface area contributed by atoms with Crippen LogP contribution in [0.2, 0.25) is 0 Å². The quantitative estimate of drug-likeness (QED) is 0.672. The predicted molar refractivity (Wildman–Crippen MR) is 65.7 cm³/mol. The van der Waals surface area contributed by atoms with Crippen molar-refractivity contribution in [2.75, 3.05) is 6.54 Å². The maximum Gasteiger partial charge on any atom is 0.310 e. The van der Waals surface area contributed by atoms with Crippen LogP contribution in [-0.4, -0.2) is 23.5 Å². The van der Waals surface area contributed by atoms with E-state index in [1.165, 1.54) is 0 Å². The minimum atomic E-state index is -0.807. The molecule has 0 unspecified atom stereocenters. The predicted octanol–water partition coefficient (Wildman–Crippen LogP) is 2.33. The molecule has 4 heteroatoms. The lowest BCUT2D eigenvalue weighted by atomic mass is 9.82. The van der Waals surface area contributed by atoms with E-state index >= 15 is 0 Å². The molecule has 0 spiro atoms. The number of aliphatic carboxylic acids is 1. The van der Waals surface area contributed by atoms with Crippen molar-refractivity contribution >= 4 is 11.9 Å². The summed E-state index contributed by atoms with van der Waals surface area (Å²) in [6, 6.07) is 0. The summed E-state index contributed by atoms with van der Waals surface area (Å²) in [6.07, 6.45) is 6.48. The molecular weight excluding hydrogens is 218 g/mol. The molecule has 1 rings (SSSR count). The SMILES string of the molecule is CCCCCNC(=O)CC1(C(=O)O)CCCC1. The van der Waals surface area contributed by atoms with Gasteiger partial charge in [0.05, 0.1) is 5.41 Å². The van der Waals surface area contributed by atoms with E-state index in [2.05, 4.69) is 12.2 Å². The van der Waals surface area contributed by atoms with E-state index in [9.17, 15) is 14.7 Å². The fourth-order valence-electron chi connectivity index (χ4n) is 2.49. The molecule has 0 radical (unpaired) electrons. The highest BCUT2D eigenvalue weighted by Crippen LogP contribution is 2.41. The lowest BCUT2D eigenvalue weighted by Crippen LogP contribution is -2.36. The van der Waals surface area contributed by atoms with Gasteiger partial charge < -0.3 is 10.4 Å². The fourth-order valence-corrected chi connectivity index (χ4v) is 2.49. The Kier molecular flexibility index (Phi) is 5.45. The Balaban J connectivity index is 2.35. The molecule has 0 aromatic carbocycles. The molecule has 0 saturated heterocycles. The van der Waals surface area contributed by atoms with Gasteiger partial charge in [-0.05, 0) is 19.3 Å². The Morgan fingerprint density at radius 1 is 1.24 bits per heavy atom. The Morgan fingerprint density at radius 3 is 2.41 bits per heavy atom. The first kappa shape index (κ1) is 14.0. The first-order valence-corrected chi connectivity index (χ1v) is 6.61. The molecule has 0 aliphatic heterocycles. The van der Waals surface area contributed by atoms with Crippen LogP contribution in [0.4, 0.5) is 0 Å². The van der Waals surface area contributed by atoms with E-state index in [4.69, 9.17) is 0 Å². The Hall–Kier alpha value is -1.06. The molecule has 0 aromatic rings. The molecule has 0 bridgehead atoms.